The second-order valence-electron chi connectivity index (χ2n) is 5.51. The summed E-state index contributed by atoms with van der Waals surface area (Å²) in [6.07, 6.45) is 1.89. The zero-order chi connectivity index (χ0) is 15.6. The third kappa shape index (κ3) is 3.74. The maximum absolute atomic E-state index is 4.52. The molecule has 1 unspecified atom stereocenters. The van der Waals surface area contributed by atoms with E-state index in [4.69, 9.17) is 0 Å². The van der Waals surface area contributed by atoms with Crippen LogP contribution in [0, 0.1) is 13.8 Å². The van der Waals surface area contributed by atoms with Crippen LogP contribution >= 0.6 is 27.3 Å². The molecular weight excluding hydrogens is 348 g/mol. The molecule has 0 aliphatic carbocycles. The van der Waals surface area contributed by atoms with E-state index >= 15 is 0 Å². The van der Waals surface area contributed by atoms with Gasteiger partial charge in [0.05, 0.1) is 29.0 Å². The van der Waals surface area contributed by atoms with Crippen LogP contribution in [0.25, 0.3) is 0 Å². The van der Waals surface area contributed by atoms with Crippen molar-refractivity contribution in [3.8, 4) is 0 Å². The molecule has 2 aromatic rings. The van der Waals surface area contributed by atoms with E-state index in [0.29, 0.717) is 0 Å². The van der Waals surface area contributed by atoms with Gasteiger partial charge in [-0.1, -0.05) is 0 Å². The Balaban J connectivity index is 2.35. The average molecular weight is 371 g/mol. The van der Waals surface area contributed by atoms with Gasteiger partial charge in [0.1, 0.15) is 0 Å². The predicted octanol–water partition coefficient (Wildman–Crippen LogP) is 3.19. The van der Waals surface area contributed by atoms with E-state index in [1.165, 1.54) is 21.0 Å². The van der Waals surface area contributed by atoms with Crippen molar-refractivity contribution in [2.24, 2.45) is 0 Å². The third-order valence-electron chi connectivity index (χ3n) is 3.62. The van der Waals surface area contributed by atoms with Crippen molar-refractivity contribution < 1.29 is 0 Å². The number of hydrogen-bond acceptors (Lipinski definition) is 4. The van der Waals surface area contributed by atoms with Gasteiger partial charge in [-0.2, -0.15) is 5.10 Å². The fourth-order valence-corrected chi connectivity index (χ4v) is 3.97. The highest BCUT2D eigenvalue weighted by molar-refractivity contribution is 9.10. The van der Waals surface area contributed by atoms with E-state index < -0.39 is 0 Å². The topological polar surface area (TPSA) is 33.1 Å². The molecule has 0 aliphatic rings. The summed E-state index contributed by atoms with van der Waals surface area (Å²) >= 11 is 5.51. The Bertz CT molecular complexity index is 583. The molecule has 0 saturated carbocycles. The predicted molar refractivity (Wildman–Crippen MR) is 93.2 cm³/mol. The van der Waals surface area contributed by atoms with Crippen molar-refractivity contribution in [1.29, 1.82) is 0 Å². The summed E-state index contributed by atoms with van der Waals surface area (Å²) in [5, 5.41) is 7.96. The summed E-state index contributed by atoms with van der Waals surface area (Å²) in [7, 11) is 6.17. The van der Waals surface area contributed by atoms with E-state index in [-0.39, 0.29) is 6.04 Å². The standard InChI is InChI=1S/C15H23BrN4S/c1-10-8-13(21-11(10)2)14(17-3)15-12(16)9-18-20(15)7-6-19(4)5/h8-9,14,17H,6-7H2,1-5H3. The molecule has 0 aromatic carbocycles. The van der Waals surface area contributed by atoms with Gasteiger partial charge in [-0.25, -0.2) is 0 Å². The van der Waals surface area contributed by atoms with Crippen LogP contribution in [0.3, 0.4) is 0 Å². The molecule has 2 aromatic heterocycles. The Labute approximate surface area is 139 Å². The lowest BCUT2D eigenvalue weighted by Gasteiger charge is -2.19. The van der Waals surface area contributed by atoms with Crippen molar-refractivity contribution in [1.82, 2.24) is 20.0 Å². The molecule has 0 saturated heterocycles. The van der Waals surface area contributed by atoms with Crippen molar-refractivity contribution in [3.63, 3.8) is 0 Å². The summed E-state index contributed by atoms with van der Waals surface area (Å²) in [4.78, 5) is 4.88. The zero-order valence-electron chi connectivity index (χ0n) is 13.3. The second-order valence-corrected chi connectivity index (χ2v) is 7.66. The normalized spacial score (nSPS) is 13.1. The van der Waals surface area contributed by atoms with Gasteiger partial charge in [-0.15, -0.1) is 11.3 Å². The molecule has 6 heteroatoms. The van der Waals surface area contributed by atoms with Gasteiger partial charge in [-0.05, 0) is 62.6 Å². The largest absolute Gasteiger partial charge is 0.308 e. The Morgan fingerprint density at radius 2 is 2.14 bits per heavy atom. The van der Waals surface area contributed by atoms with Crippen molar-refractivity contribution in [2.75, 3.05) is 27.7 Å². The van der Waals surface area contributed by atoms with E-state index in [2.05, 4.69) is 69.9 Å². The van der Waals surface area contributed by atoms with Crippen LogP contribution in [0.1, 0.15) is 27.1 Å². The maximum Gasteiger partial charge on any atom is 0.0851 e. The van der Waals surface area contributed by atoms with Gasteiger partial charge >= 0.3 is 0 Å². The van der Waals surface area contributed by atoms with Crippen LogP contribution in [-0.2, 0) is 6.54 Å². The van der Waals surface area contributed by atoms with Gasteiger partial charge in [0, 0.05) is 16.3 Å². The molecule has 0 amide bonds. The summed E-state index contributed by atoms with van der Waals surface area (Å²) in [5.41, 5.74) is 2.55. The lowest BCUT2D eigenvalue weighted by molar-refractivity contribution is 0.366. The lowest BCUT2D eigenvalue weighted by atomic mass is 10.1. The first-order chi connectivity index (χ1) is 9.93. The van der Waals surface area contributed by atoms with Crippen LogP contribution in [-0.4, -0.2) is 42.4 Å². The summed E-state index contributed by atoms with van der Waals surface area (Å²) in [5.74, 6) is 0. The van der Waals surface area contributed by atoms with E-state index in [1.807, 2.05) is 24.6 Å². The van der Waals surface area contributed by atoms with Crippen LogP contribution in [0.5, 0.6) is 0 Å². The molecular formula is C15H23BrN4S. The number of rotatable bonds is 6. The highest BCUT2D eigenvalue weighted by Crippen LogP contribution is 2.33. The third-order valence-corrected chi connectivity index (χ3v) is 5.45. The minimum Gasteiger partial charge on any atom is -0.308 e. The molecule has 0 spiro atoms. The van der Waals surface area contributed by atoms with Gasteiger partial charge in [-0.3, -0.25) is 4.68 Å². The molecule has 2 rings (SSSR count). The molecule has 2 heterocycles. The molecule has 4 nitrogen and oxygen atoms in total. The van der Waals surface area contributed by atoms with Gasteiger partial charge < -0.3 is 10.2 Å². The van der Waals surface area contributed by atoms with Crippen molar-refractivity contribution >= 4 is 27.3 Å². The summed E-state index contributed by atoms with van der Waals surface area (Å²) < 4.78 is 3.15. The number of thiophene rings is 1. The number of nitrogens with zero attached hydrogens (tertiary/aromatic N) is 3. The molecule has 21 heavy (non-hydrogen) atoms. The van der Waals surface area contributed by atoms with Crippen molar-refractivity contribution in [2.45, 2.75) is 26.4 Å². The summed E-state index contributed by atoms with van der Waals surface area (Å²) in [6.45, 7) is 6.20. The summed E-state index contributed by atoms with van der Waals surface area (Å²) in [6, 6.07) is 2.44. The average Bonchev–Trinajstić information content (AvgIpc) is 2.94. The number of nitrogens with one attached hydrogen (secondary N) is 1. The number of aryl methyl sites for hydroxylation is 2. The Morgan fingerprint density at radius 1 is 1.43 bits per heavy atom. The van der Waals surface area contributed by atoms with Gasteiger partial charge in [0.15, 0.2) is 0 Å². The number of hydrogen-bond donors (Lipinski definition) is 1. The van der Waals surface area contributed by atoms with Crippen LogP contribution in [0.2, 0.25) is 0 Å². The molecule has 1 atom stereocenters. The maximum atomic E-state index is 4.52. The van der Waals surface area contributed by atoms with Gasteiger partial charge in [0.25, 0.3) is 0 Å². The van der Waals surface area contributed by atoms with Crippen molar-refractivity contribution in [3.05, 3.63) is 37.7 Å². The number of likely N-dealkylation sites (N-methyl/N-ethyl adjacent to an activating group) is 1. The lowest BCUT2D eigenvalue weighted by Crippen LogP contribution is -2.25. The first-order valence-electron chi connectivity index (χ1n) is 7.04. The quantitative estimate of drug-likeness (QED) is 0.847. The van der Waals surface area contributed by atoms with Crippen LogP contribution < -0.4 is 5.32 Å². The van der Waals surface area contributed by atoms with Crippen LogP contribution in [0.15, 0.2) is 16.7 Å². The minimum atomic E-state index is 0.168. The number of halogens is 1. The zero-order valence-corrected chi connectivity index (χ0v) is 15.7. The smallest absolute Gasteiger partial charge is 0.0851 e. The Hall–Kier alpha value is -0.690. The minimum absolute atomic E-state index is 0.168. The molecule has 0 bridgehead atoms. The SMILES string of the molecule is CNC(c1cc(C)c(C)s1)c1c(Br)cnn1CCN(C)C. The molecule has 116 valence electrons. The fourth-order valence-electron chi connectivity index (χ4n) is 2.29. The first kappa shape index (κ1) is 16.7. The molecule has 1 N–H and O–H groups in total. The monoisotopic (exact) mass is 370 g/mol. The molecule has 0 fully saturated rings. The van der Waals surface area contributed by atoms with Crippen LogP contribution in [0.4, 0.5) is 0 Å². The molecule has 0 aliphatic heterocycles. The molecule has 0 radical (unpaired) electrons. The fraction of sp³-hybridized carbons (Fsp3) is 0.533. The Kier molecular flexibility index (Phi) is 5.60. The Morgan fingerprint density at radius 3 is 2.67 bits per heavy atom. The van der Waals surface area contributed by atoms with E-state index in [9.17, 15) is 0 Å². The van der Waals surface area contributed by atoms with Gasteiger partial charge in [0.2, 0.25) is 0 Å². The second kappa shape index (κ2) is 7.05. The highest BCUT2D eigenvalue weighted by atomic mass is 79.9. The first-order valence-corrected chi connectivity index (χ1v) is 8.65. The highest BCUT2D eigenvalue weighted by Gasteiger charge is 2.22. The van der Waals surface area contributed by atoms with E-state index in [1.54, 1.807) is 0 Å². The van der Waals surface area contributed by atoms with E-state index in [0.717, 1.165) is 17.6 Å². The number of aromatic nitrogens is 2.